The van der Waals surface area contributed by atoms with Crippen LogP contribution in [0.3, 0.4) is 0 Å². The van der Waals surface area contributed by atoms with Crippen molar-refractivity contribution in [3.8, 4) is 34.3 Å². The van der Waals surface area contributed by atoms with Crippen LogP contribution in [-0.2, 0) is 24.5 Å². The molecule has 0 radical (unpaired) electrons. The van der Waals surface area contributed by atoms with Crippen molar-refractivity contribution in [3.63, 3.8) is 0 Å². The van der Waals surface area contributed by atoms with Crippen LogP contribution in [0, 0.1) is 0 Å². The van der Waals surface area contributed by atoms with Crippen LogP contribution in [0.1, 0.15) is 41.9 Å². The number of imidazole rings is 1. The topological polar surface area (TPSA) is 119 Å². The average Bonchev–Trinajstić information content (AvgIpc) is 3.35. The van der Waals surface area contributed by atoms with Crippen LogP contribution in [0.2, 0.25) is 0 Å². The molecule has 11 heteroatoms. The molecule has 0 saturated heterocycles. The lowest BCUT2D eigenvalue weighted by molar-refractivity contribution is 0.0969. The molecule has 7 rings (SSSR count). The largest absolute Gasteiger partial charge is 0.497 e. The first-order valence-corrected chi connectivity index (χ1v) is 11.8. The number of aromatic nitrogens is 8. The third-order valence-corrected chi connectivity index (χ3v) is 6.49. The summed E-state index contributed by atoms with van der Waals surface area (Å²) in [5, 5.41) is 13.2. The quantitative estimate of drug-likeness (QED) is 0.336. The van der Waals surface area contributed by atoms with Gasteiger partial charge in [-0.3, -0.25) is 9.55 Å². The van der Waals surface area contributed by atoms with E-state index < -0.39 is 0 Å². The van der Waals surface area contributed by atoms with Crippen molar-refractivity contribution in [2.75, 3.05) is 7.11 Å². The number of fused-ring (bicyclic) bond motifs is 5. The minimum Gasteiger partial charge on any atom is -0.497 e. The summed E-state index contributed by atoms with van der Waals surface area (Å²) in [5.41, 5.74) is 4.24. The highest BCUT2D eigenvalue weighted by atomic mass is 16.5. The molecule has 1 aliphatic heterocycles. The molecule has 0 N–H and O–H groups in total. The van der Waals surface area contributed by atoms with Gasteiger partial charge in [-0.25, -0.2) is 4.98 Å². The van der Waals surface area contributed by atoms with Crippen molar-refractivity contribution in [2.24, 2.45) is 0 Å². The van der Waals surface area contributed by atoms with Gasteiger partial charge in [0.05, 0.1) is 37.3 Å². The Hall–Kier alpha value is -4.38. The van der Waals surface area contributed by atoms with E-state index in [2.05, 4.69) is 30.3 Å². The van der Waals surface area contributed by atoms with E-state index in [4.69, 9.17) is 14.0 Å². The van der Waals surface area contributed by atoms with Crippen molar-refractivity contribution in [3.05, 3.63) is 72.0 Å². The molecule has 0 spiro atoms. The van der Waals surface area contributed by atoms with E-state index in [1.807, 2.05) is 45.5 Å². The summed E-state index contributed by atoms with van der Waals surface area (Å²) < 4.78 is 21.1. The Labute approximate surface area is 205 Å². The van der Waals surface area contributed by atoms with Crippen molar-refractivity contribution in [2.45, 2.75) is 38.5 Å². The summed E-state index contributed by atoms with van der Waals surface area (Å²) in [6, 6.07) is 11.6. The van der Waals surface area contributed by atoms with Crippen LogP contribution in [0.25, 0.3) is 28.6 Å². The van der Waals surface area contributed by atoms with Gasteiger partial charge in [0.15, 0.2) is 11.6 Å². The summed E-state index contributed by atoms with van der Waals surface area (Å²) >= 11 is 0. The number of pyridine rings is 1. The lowest BCUT2D eigenvalue weighted by Crippen LogP contribution is -2.10. The van der Waals surface area contributed by atoms with Crippen LogP contribution in [-0.4, -0.2) is 46.5 Å². The summed E-state index contributed by atoms with van der Waals surface area (Å²) in [4.78, 5) is 13.6. The average molecular weight is 483 g/mol. The molecular formula is C25H22N8O3. The highest BCUT2D eigenvalue weighted by Crippen LogP contribution is 2.40. The van der Waals surface area contributed by atoms with E-state index in [0.29, 0.717) is 42.3 Å². The number of benzene rings is 1. The van der Waals surface area contributed by atoms with Gasteiger partial charge in [0, 0.05) is 17.7 Å². The van der Waals surface area contributed by atoms with Gasteiger partial charge >= 0.3 is 0 Å². The second-order valence-corrected chi connectivity index (χ2v) is 8.86. The number of hydrogen-bond acceptors (Lipinski definition) is 9. The molecule has 0 unspecified atom stereocenters. The zero-order chi connectivity index (χ0) is 24.1. The predicted octanol–water partition coefficient (Wildman–Crippen LogP) is 3.54. The molecule has 36 heavy (non-hydrogen) atoms. The molecule has 1 saturated carbocycles. The lowest BCUT2D eigenvalue weighted by atomic mass is 10.1. The fraction of sp³-hybridized carbons (Fsp3) is 0.280. The number of hydrogen-bond donors (Lipinski definition) is 0. The Morgan fingerprint density at radius 1 is 1.08 bits per heavy atom. The molecule has 1 aliphatic carbocycles. The van der Waals surface area contributed by atoms with E-state index in [1.54, 1.807) is 19.6 Å². The van der Waals surface area contributed by atoms with Crippen LogP contribution < -0.4 is 4.74 Å². The summed E-state index contributed by atoms with van der Waals surface area (Å²) in [7, 11) is 1.65. The van der Waals surface area contributed by atoms with E-state index in [9.17, 15) is 0 Å². The van der Waals surface area contributed by atoms with Crippen LogP contribution in [0.5, 0.6) is 5.75 Å². The minimum atomic E-state index is 0.278. The first-order valence-electron chi connectivity index (χ1n) is 11.8. The highest BCUT2D eigenvalue weighted by Gasteiger charge is 2.32. The molecule has 1 aromatic carbocycles. The van der Waals surface area contributed by atoms with E-state index in [0.717, 1.165) is 47.1 Å². The molecule has 5 aromatic rings. The predicted molar refractivity (Wildman–Crippen MR) is 126 cm³/mol. The van der Waals surface area contributed by atoms with E-state index >= 15 is 0 Å². The second-order valence-electron chi connectivity index (χ2n) is 8.86. The van der Waals surface area contributed by atoms with Crippen molar-refractivity contribution < 1.29 is 14.0 Å². The smallest absolute Gasteiger partial charge is 0.230 e. The van der Waals surface area contributed by atoms with Crippen LogP contribution >= 0.6 is 0 Å². The molecule has 2 aliphatic rings. The van der Waals surface area contributed by atoms with E-state index in [-0.39, 0.29) is 6.61 Å². The van der Waals surface area contributed by atoms with Gasteiger partial charge in [-0.2, -0.15) is 4.98 Å². The number of ether oxygens (including phenoxy) is 2. The van der Waals surface area contributed by atoms with Crippen LogP contribution in [0.15, 0.2) is 53.4 Å². The third kappa shape index (κ3) is 3.55. The van der Waals surface area contributed by atoms with Crippen molar-refractivity contribution in [1.29, 1.82) is 0 Å². The third-order valence-electron chi connectivity index (χ3n) is 6.49. The lowest BCUT2D eigenvalue weighted by Gasteiger charge is -2.10. The SMILES string of the molecule is COc1ccc2c(c1)-c1nnc(COCc3ccccn3)n1Cc1c(-c3noc(C4CC4)n3)ncn1-2. The van der Waals surface area contributed by atoms with Crippen LogP contribution in [0.4, 0.5) is 0 Å². The summed E-state index contributed by atoms with van der Waals surface area (Å²) in [5.74, 6) is 3.69. The Morgan fingerprint density at radius 2 is 2.03 bits per heavy atom. The summed E-state index contributed by atoms with van der Waals surface area (Å²) in [6.07, 6.45) is 5.72. The van der Waals surface area contributed by atoms with Gasteiger partial charge in [-0.05, 0) is 43.2 Å². The molecule has 5 heterocycles. The number of methoxy groups -OCH3 is 1. The Morgan fingerprint density at radius 3 is 2.86 bits per heavy atom. The molecule has 11 nitrogen and oxygen atoms in total. The fourth-order valence-corrected chi connectivity index (χ4v) is 4.47. The van der Waals surface area contributed by atoms with Gasteiger partial charge in [0.2, 0.25) is 11.7 Å². The molecule has 0 bridgehead atoms. The van der Waals surface area contributed by atoms with Crippen molar-refractivity contribution in [1.82, 2.24) is 39.4 Å². The molecule has 1 fully saturated rings. The van der Waals surface area contributed by atoms with Gasteiger partial charge in [-0.15, -0.1) is 10.2 Å². The molecule has 0 amide bonds. The van der Waals surface area contributed by atoms with Gasteiger partial charge in [-0.1, -0.05) is 11.2 Å². The van der Waals surface area contributed by atoms with Gasteiger partial charge in [0.25, 0.3) is 0 Å². The number of nitrogens with zero attached hydrogens (tertiary/aromatic N) is 8. The maximum absolute atomic E-state index is 5.95. The highest BCUT2D eigenvalue weighted by molar-refractivity contribution is 5.72. The first-order chi connectivity index (χ1) is 17.8. The maximum atomic E-state index is 5.95. The second kappa shape index (κ2) is 8.38. The first kappa shape index (κ1) is 20.9. The van der Waals surface area contributed by atoms with Crippen molar-refractivity contribution >= 4 is 0 Å². The van der Waals surface area contributed by atoms with Gasteiger partial charge < -0.3 is 18.6 Å². The maximum Gasteiger partial charge on any atom is 0.230 e. The van der Waals surface area contributed by atoms with Gasteiger partial charge in [0.1, 0.15) is 24.4 Å². The zero-order valence-electron chi connectivity index (χ0n) is 19.5. The molecule has 4 aromatic heterocycles. The standard InChI is InChI=1S/C25H22N8O3/c1-34-17-7-8-19-18(10-17)24-30-29-21(13-35-12-16-4-2-3-9-26-16)32(24)11-20-22(27-14-33(19)20)23-28-25(36-31-23)15-5-6-15/h2-4,7-10,14-15H,5-6,11-13H2,1H3. The molecular weight excluding hydrogens is 460 g/mol. The zero-order valence-corrected chi connectivity index (χ0v) is 19.5. The Balaban J connectivity index is 1.29. The Bertz CT molecular complexity index is 1550. The monoisotopic (exact) mass is 482 g/mol. The normalized spacial score (nSPS) is 14.1. The Kier molecular flexibility index (Phi) is 4.88. The fourth-order valence-electron chi connectivity index (χ4n) is 4.47. The van der Waals surface area contributed by atoms with E-state index in [1.165, 1.54) is 0 Å². The molecule has 180 valence electrons. The minimum absolute atomic E-state index is 0.278. The summed E-state index contributed by atoms with van der Waals surface area (Å²) in [6.45, 7) is 1.12. The molecule has 0 atom stereocenters. The number of rotatable bonds is 7.